The van der Waals surface area contributed by atoms with E-state index in [2.05, 4.69) is 29.3 Å². The van der Waals surface area contributed by atoms with E-state index in [9.17, 15) is 4.79 Å². The van der Waals surface area contributed by atoms with Crippen LogP contribution in [0.1, 0.15) is 31.4 Å². The molecule has 100 valence electrons. The molecule has 3 nitrogen and oxygen atoms in total. The summed E-state index contributed by atoms with van der Waals surface area (Å²) in [6.45, 7) is 4.47. The lowest BCUT2D eigenvalue weighted by Crippen LogP contribution is -2.33. The Labute approximate surface area is 114 Å². The molecule has 3 heteroatoms. The van der Waals surface area contributed by atoms with Crippen molar-refractivity contribution >= 4 is 23.4 Å². The largest absolute Gasteiger partial charge is 0.312 e. The summed E-state index contributed by atoms with van der Waals surface area (Å²) in [5.41, 5.74) is 4.59. The first-order valence-corrected chi connectivity index (χ1v) is 6.67. The summed E-state index contributed by atoms with van der Waals surface area (Å²) < 4.78 is 0. The lowest BCUT2D eigenvalue weighted by Gasteiger charge is -2.29. The molecular weight excluding hydrogens is 236 g/mol. The average molecular weight is 256 g/mol. The first kappa shape index (κ1) is 13.5. The van der Waals surface area contributed by atoms with Gasteiger partial charge in [-0.15, -0.1) is 0 Å². The number of benzene rings is 1. The van der Waals surface area contributed by atoms with Crippen molar-refractivity contribution in [2.45, 2.75) is 26.7 Å². The van der Waals surface area contributed by atoms with Gasteiger partial charge in [0.2, 0.25) is 5.91 Å². The van der Waals surface area contributed by atoms with Crippen LogP contribution in [0.3, 0.4) is 0 Å². The van der Waals surface area contributed by atoms with Gasteiger partial charge in [-0.2, -0.15) is 0 Å². The lowest BCUT2D eigenvalue weighted by atomic mass is 9.96. The van der Waals surface area contributed by atoms with Crippen LogP contribution in [0.4, 0.5) is 5.69 Å². The van der Waals surface area contributed by atoms with Crippen molar-refractivity contribution in [2.75, 3.05) is 18.5 Å². The van der Waals surface area contributed by atoms with E-state index in [0.717, 1.165) is 36.2 Å². The van der Waals surface area contributed by atoms with Gasteiger partial charge in [0.15, 0.2) is 0 Å². The van der Waals surface area contributed by atoms with Crippen LogP contribution in [0.5, 0.6) is 0 Å². The number of nitrogens with zero attached hydrogens (tertiary/aromatic N) is 2. The number of allylic oxidation sites excluding steroid dienone is 2. The van der Waals surface area contributed by atoms with Crippen molar-refractivity contribution in [1.82, 2.24) is 0 Å². The number of anilines is 1. The van der Waals surface area contributed by atoms with Crippen LogP contribution in [-0.4, -0.2) is 25.7 Å². The van der Waals surface area contributed by atoms with Crippen molar-refractivity contribution in [3.05, 3.63) is 35.4 Å². The zero-order valence-electron chi connectivity index (χ0n) is 11.8. The van der Waals surface area contributed by atoms with Crippen LogP contribution in [0.15, 0.2) is 29.3 Å². The Hall–Kier alpha value is -1.90. The Balaban J connectivity index is 2.42. The van der Waals surface area contributed by atoms with E-state index >= 15 is 0 Å². The van der Waals surface area contributed by atoms with E-state index in [1.807, 2.05) is 18.0 Å². The second-order valence-electron chi connectivity index (χ2n) is 4.75. The molecule has 19 heavy (non-hydrogen) atoms. The van der Waals surface area contributed by atoms with Crippen LogP contribution in [0.2, 0.25) is 0 Å². The molecule has 0 spiro atoms. The van der Waals surface area contributed by atoms with E-state index in [1.54, 1.807) is 14.0 Å². The summed E-state index contributed by atoms with van der Waals surface area (Å²) in [4.78, 5) is 17.6. The maximum atomic E-state index is 11.6. The number of amides is 1. The molecule has 1 aliphatic heterocycles. The number of carbonyl (C=O) groups excluding carboxylic acids is 1. The Morgan fingerprint density at radius 3 is 2.84 bits per heavy atom. The van der Waals surface area contributed by atoms with Gasteiger partial charge < -0.3 is 4.90 Å². The summed E-state index contributed by atoms with van der Waals surface area (Å²) >= 11 is 0. The van der Waals surface area contributed by atoms with Gasteiger partial charge in [0.05, 0.1) is 0 Å². The SMILES string of the molecule is C/C=C(\C=NC)c1ccc2c(c1)CCCN2C(C)=O. The van der Waals surface area contributed by atoms with Crippen molar-refractivity contribution in [3.63, 3.8) is 0 Å². The molecule has 1 heterocycles. The highest BCUT2D eigenvalue weighted by Gasteiger charge is 2.20. The molecule has 0 radical (unpaired) electrons. The number of hydrogen-bond donors (Lipinski definition) is 0. The number of aliphatic imine (C=N–C) groups is 1. The highest BCUT2D eigenvalue weighted by Crippen LogP contribution is 2.29. The minimum Gasteiger partial charge on any atom is -0.312 e. The summed E-state index contributed by atoms with van der Waals surface area (Å²) in [6.07, 6.45) is 5.99. The molecule has 0 unspecified atom stereocenters. The summed E-state index contributed by atoms with van der Waals surface area (Å²) in [5, 5.41) is 0. The van der Waals surface area contributed by atoms with Crippen LogP contribution in [0.25, 0.3) is 5.57 Å². The molecule has 0 aromatic heterocycles. The number of carbonyl (C=O) groups is 1. The van der Waals surface area contributed by atoms with Gasteiger partial charge in [-0.05, 0) is 48.6 Å². The van der Waals surface area contributed by atoms with Gasteiger partial charge >= 0.3 is 0 Å². The van der Waals surface area contributed by atoms with Crippen LogP contribution in [-0.2, 0) is 11.2 Å². The van der Waals surface area contributed by atoms with Crippen molar-refractivity contribution < 1.29 is 4.79 Å². The van der Waals surface area contributed by atoms with Crippen LogP contribution in [0, 0.1) is 0 Å². The maximum Gasteiger partial charge on any atom is 0.223 e. The molecular formula is C16H20N2O. The second kappa shape index (κ2) is 5.83. The Morgan fingerprint density at radius 2 is 2.21 bits per heavy atom. The second-order valence-corrected chi connectivity index (χ2v) is 4.75. The minimum atomic E-state index is 0.120. The predicted molar refractivity (Wildman–Crippen MR) is 80.9 cm³/mol. The smallest absolute Gasteiger partial charge is 0.223 e. The lowest BCUT2D eigenvalue weighted by molar-refractivity contribution is -0.116. The average Bonchev–Trinajstić information content (AvgIpc) is 2.43. The van der Waals surface area contributed by atoms with Gasteiger partial charge in [-0.25, -0.2) is 0 Å². The third-order valence-electron chi connectivity index (χ3n) is 3.49. The number of rotatable bonds is 2. The molecule has 1 aromatic carbocycles. The Bertz CT molecular complexity index is 544. The maximum absolute atomic E-state index is 11.6. The fraction of sp³-hybridized carbons (Fsp3) is 0.375. The standard InChI is InChI=1S/C16H20N2O/c1-4-13(11-17-3)14-7-8-16-15(10-14)6-5-9-18(16)12(2)19/h4,7-8,10-11H,5-6,9H2,1-3H3/b13-4+,17-11?. The normalized spacial score (nSPS) is 15.7. The monoisotopic (exact) mass is 256 g/mol. The van der Waals surface area contributed by atoms with Gasteiger partial charge in [0, 0.05) is 32.4 Å². The first-order chi connectivity index (χ1) is 9.17. The van der Waals surface area contributed by atoms with E-state index in [4.69, 9.17) is 0 Å². The van der Waals surface area contributed by atoms with Crippen LogP contribution >= 0.6 is 0 Å². The number of hydrogen-bond acceptors (Lipinski definition) is 2. The summed E-state index contributed by atoms with van der Waals surface area (Å²) in [6, 6.07) is 6.30. The highest BCUT2D eigenvalue weighted by atomic mass is 16.2. The molecule has 1 aromatic rings. The highest BCUT2D eigenvalue weighted by molar-refractivity contribution is 6.10. The predicted octanol–water partition coefficient (Wildman–Crippen LogP) is 3.09. The molecule has 1 amide bonds. The molecule has 0 atom stereocenters. The van der Waals surface area contributed by atoms with E-state index in [1.165, 1.54) is 5.56 Å². The molecule has 0 bridgehead atoms. The zero-order chi connectivity index (χ0) is 13.8. The van der Waals surface area contributed by atoms with Gasteiger partial charge in [-0.1, -0.05) is 12.1 Å². The number of fused-ring (bicyclic) bond motifs is 1. The topological polar surface area (TPSA) is 32.7 Å². The van der Waals surface area contributed by atoms with Crippen molar-refractivity contribution in [2.24, 2.45) is 4.99 Å². The first-order valence-electron chi connectivity index (χ1n) is 6.67. The molecule has 0 saturated carbocycles. The van der Waals surface area contributed by atoms with Gasteiger partial charge in [0.1, 0.15) is 0 Å². The third-order valence-corrected chi connectivity index (χ3v) is 3.49. The van der Waals surface area contributed by atoms with E-state index in [0.29, 0.717) is 0 Å². The molecule has 0 saturated heterocycles. The number of aryl methyl sites for hydroxylation is 1. The summed E-state index contributed by atoms with van der Waals surface area (Å²) in [5.74, 6) is 0.120. The van der Waals surface area contributed by atoms with Gasteiger partial charge in [-0.3, -0.25) is 9.79 Å². The Morgan fingerprint density at radius 1 is 1.42 bits per heavy atom. The van der Waals surface area contributed by atoms with Gasteiger partial charge in [0.25, 0.3) is 0 Å². The molecule has 1 aliphatic rings. The van der Waals surface area contributed by atoms with Crippen molar-refractivity contribution in [3.8, 4) is 0 Å². The minimum absolute atomic E-state index is 0.120. The molecule has 0 N–H and O–H groups in total. The quantitative estimate of drug-likeness (QED) is 0.748. The fourth-order valence-corrected chi connectivity index (χ4v) is 2.56. The van der Waals surface area contributed by atoms with Crippen molar-refractivity contribution in [1.29, 1.82) is 0 Å². The summed E-state index contributed by atoms with van der Waals surface area (Å²) in [7, 11) is 1.78. The van der Waals surface area contributed by atoms with Crippen LogP contribution < -0.4 is 4.90 Å². The molecule has 0 aliphatic carbocycles. The zero-order valence-corrected chi connectivity index (χ0v) is 11.8. The molecule has 0 fully saturated rings. The fourth-order valence-electron chi connectivity index (χ4n) is 2.56. The van der Waals surface area contributed by atoms with E-state index in [-0.39, 0.29) is 5.91 Å². The Kier molecular flexibility index (Phi) is 4.15. The van der Waals surface area contributed by atoms with E-state index < -0.39 is 0 Å². The molecule has 2 rings (SSSR count). The third kappa shape index (κ3) is 2.75.